The normalized spacial score (nSPS) is 38.4. The number of aromatic amines is 1. The summed E-state index contributed by atoms with van der Waals surface area (Å²) in [7, 11) is 1.79. The van der Waals surface area contributed by atoms with Crippen LogP contribution < -0.4 is 4.74 Å². The van der Waals surface area contributed by atoms with E-state index in [2.05, 4.69) is 57.8 Å². The van der Waals surface area contributed by atoms with Gasteiger partial charge in [0.1, 0.15) is 5.75 Å². The van der Waals surface area contributed by atoms with Gasteiger partial charge < -0.3 is 9.72 Å². The molecule has 4 aliphatic rings. The molecular formula is C34H51NO. The minimum Gasteiger partial charge on any atom is -0.497 e. The van der Waals surface area contributed by atoms with Crippen LogP contribution in [0.15, 0.2) is 18.2 Å². The van der Waals surface area contributed by atoms with E-state index in [1.165, 1.54) is 87.2 Å². The third-order valence-corrected chi connectivity index (χ3v) is 12.5. The molecule has 2 aromatic rings. The van der Waals surface area contributed by atoms with Crippen molar-refractivity contribution in [2.45, 2.75) is 105 Å². The van der Waals surface area contributed by atoms with Crippen molar-refractivity contribution in [2.24, 2.45) is 52.3 Å². The topological polar surface area (TPSA) is 25.0 Å². The minimum atomic E-state index is 0.455. The molecule has 3 fully saturated rings. The van der Waals surface area contributed by atoms with Gasteiger partial charge >= 0.3 is 0 Å². The molecule has 2 heteroatoms. The van der Waals surface area contributed by atoms with Gasteiger partial charge in [-0.2, -0.15) is 0 Å². The van der Waals surface area contributed by atoms with Crippen molar-refractivity contribution in [3.8, 4) is 5.75 Å². The quantitative estimate of drug-likeness (QED) is 0.430. The predicted molar refractivity (Wildman–Crippen MR) is 151 cm³/mol. The van der Waals surface area contributed by atoms with Crippen LogP contribution >= 0.6 is 0 Å². The van der Waals surface area contributed by atoms with Gasteiger partial charge in [-0.25, -0.2) is 0 Å². The van der Waals surface area contributed by atoms with Crippen molar-refractivity contribution < 1.29 is 4.74 Å². The van der Waals surface area contributed by atoms with Crippen LogP contribution in [0.1, 0.15) is 104 Å². The van der Waals surface area contributed by atoms with Gasteiger partial charge in [-0.15, -0.1) is 0 Å². The van der Waals surface area contributed by atoms with E-state index in [9.17, 15) is 0 Å². The number of ether oxygens (including phenoxy) is 1. The Morgan fingerprint density at radius 2 is 1.78 bits per heavy atom. The molecule has 36 heavy (non-hydrogen) atoms. The summed E-state index contributed by atoms with van der Waals surface area (Å²) in [5.41, 5.74) is 5.49. The fraction of sp³-hybridized carbons (Fsp3) is 0.765. The first-order valence-electron chi connectivity index (χ1n) is 15.4. The lowest BCUT2D eigenvalue weighted by Gasteiger charge is -2.60. The van der Waals surface area contributed by atoms with Crippen LogP contribution in [-0.2, 0) is 12.8 Å². The number of hydrogen-bond donors (Lipinski definition) is 1. The Kier molecular flexibility index (Phi) is 6.28. The molecule has 0 aliphatic heterocycles. The van der Waals surface area contributed by atoms with E-state index < -0.39 is 0 Å². The number of aromatic nitrogens is 1. The van der Waals surface area contributed by atoms with Crippen LogP contribution in [0.5, 0.6) is 5.75 Å². The molecule has 0 spiro atoms. The Morgan fingerprint density at radius 3 is 2.56 bits per heavy atom. The number of rotatable bonds is 6. The maximum Gasteiger partial charge on any atom is 0.119 e. The molecule has 1 N–H and O–H groups in total. The Morgan fingerprint density at radius 1 is 0.972 bits per heavy atom. The van der Waals surface area contributed by atoms with Gasteiger partial charge in [0, 0.05) is 16.6 Å². The molecule has 3 saturated carbocycles. The maximum atomic E-state index is 5.61. The number of nitrogens with one attached hydrogen (secondary N) is 1. The zero-order valence-electron chi connectivity index (χ0n) is 24.0. The van der Waals surface area contributed by atoms with Gasteiger partial charge in [-0.3, -0.25) is 0 Å². The highest BCUT2D eigenvalue weighted by Crippen LogP contribution is 2.68. The lowest BCUT2D eigenvalue weighted by Crippen LogP contribution is -2.54. The second-order valence-corrected chi connectivity index (χ2v) is 14.6. The van der Waals surface area contributed by atoms with Gasteiger partial charge in [-0.05, 0) is 127 Å². The largest absolute Gasteiger partial charge is 0.497 e. The van der Waals surface area contributed by atoms with Gasteiger partial charge in [0.25, 0.3) is 0 Å². The average molecular weight is 490 g/mol. The number of methoxy groups -OCH3 is 1. The Balaban J connectivity index is 1.24. The van der Waals surface area contributed by atoms with Gasteiger partial charge in [0.15, 0.2) is 0 Å². The Hall–Kier alpha value is -1.44. The van der Waals surface area contributed by atoms with E-state index in [0.717, 1.165) is 47.2 Å². The summed E-state index contributed by atoms with van der Waals surface area (Å²) >= 11 is 0. The molecule has 0 amide bonds. The molecule has 198 valence electrons. The molecule has 0 saturated heterocycles. The maximum absolute atomic E-state index is 5.61. The highest BCUT2D eigenvalue weighted by molar-refractivity contribution is 5.86. The molecule has 1 aromatic carbocycles. The zero-order chi connectivity index (χ0) is 25.2. The molecule has 0 bridgehead atoms. The lowest BCUT2D eigenvalue weighted by atomic mass is 9.44. The SMILES string of the molecule is COc1ccc2[nH]c3c(c2c1)C[C@]1(C)C2CC[C@]4(C)[C@@H]([C@H](C)CCCC(C)C)CC[C@H]4[C@@H]2CC[C@H]1C3. The van der Waals surface area contributed by atoms with E-state index in [1.54, 1.807) is 12.7 Å². The van der Waals surface area contributed by atoms with E-state index in [1.807, 2.05) is 0 Å². The van der Waals surface area contributed by atoms with Crippen molar-refractivity contribution in [3.05, 3.63) is 29.5 Å². The lowest BCUT2D eigenvalue weighted by molar-refractivity contribution is -0.103. The first-order chi connectivity index (χ1) is 17.2. The molecule has 1 unspecified atom stereocenters. The van der Waals surface area contributed by atoms with Gasteiger partial charge in [-0.1, -0.05) is 53.9 Å². The summed E-state index contributed by atoms with van der Waals surface area (Å²) in [5.74, 6) is 7.39. The van der Waals surface area contributed by atoms with Crippen LogP contribution in [0.2, 0.25) is 0 Å². The minimum absolute atomic E-state index is 0.455. The highest BCUT2D eigenvalue weighted by atomic mass is 16.5. The van der Waals surface area contributed by atoms with Crippen LogP contribution in [-0.4, -0.2) is 12.1 Å². The number of hydrogen-bond acceptors (Lipinski definition) is 1. The molecular weight excluding hydrogens is 438 g/mol. The smallest absolute Gasteiger partial charge is 0.119 e. The number of H-pyrrole nitrogens is 1. The van der Waals surface area contributed by atoms with Crippen LogP contribution in [0.25, 0.3) is 10.9 Å². The molecule has 4 aliphatic carbocycles. The molecule has 8 atom stereocenters. The van der Waals surface area contributed by atoms with E-state index in [4.69, 9.17) is 4.74 Å². The van der Waals surface area contributed by atoms with E-state index in [0.29, 0.717) is 10.8 Å². The first kappa shape index (κ1) is 24.9. The third-order valence-electron chi connectivity index (χ3n) is 12.5. The first-order valence-corrected chi connectivity index (χ1v) is 15.4. The summed E-state index contributed by atoms with van der Waals surface area (Å²) in [6.07, 6.45) is 15.7. The third kappa shape index (κ3) is 3.79. The number of fused-ring (bicyclic) bond motifs is 8. The monoisotopic (exact) mass is 489 g/mol. The van der Waals surface area contributed by atoms with Crippen LogP contribution in [0.3, 0.4) is 0 Å². The zero-order valence-corrected chi connectivity index (χ0v) is 24.0. The number of benzene rings is 1. The van der Waals surface area contributed by atoms with Gasteiger partial charge in [0.05, 0.1) is 7.11 Å². The van der Waals surface area contributed by atoms with Crippen molar-refractivity contribution in [1.29, 1.82) is 0 Å². The molecule has 1 aromatic heterocycles. The molecule has 6 rings (SSSR count). The van der Waals surface area contributed by atoms with Crippen LogP contribution in [0, 0.1) is 52.3 Å². The van der Waals surface area contributed by atoms with E-state index in [-0.39, 0.29) is 0 Å². The fourth-order valence-corrected chi connectivity index (χ4v) is 10.6. The summed E-state index contributed by atoms with van der Waals surface area (Å²) in [6.45, 7) is 12.8. The standard InChI is InChI=1S/C34H51NO/c1-21(2)8-7-9-22(3)28-13-14-29-25-12-10-23-18-32-27(26-19-24(36-6)11-15-31(26)35-32)20-34(23,5)30(25)16-17-33(28,29)4/h11,15,19,21-23,25,28-30,35H,7-10,12-14,16-18,20H2,1-6H3/t22-,23+,25+,28-,29+,30?,33-,34+/m1/s1. The summed E-state index contributed by atoms with van der Waals surface area (Å²) < 4.78 is 5.61. The highest BCUT2D eigenvalue weighted by Gasteiger charge is 2.60. The Bertz CT molecular complexity index is 1100. The van der Waals surface area contributed by atoms with Crippen LogP contribution in [0.4, 0.5) is 0 Å². The molecule has 0 radical (unpaired) electrons. The second-order valence-electron chi connectivity index (χ2n) is 14.6. The Labute approximate surface area is 220 Å². The summed E-state index contributed by atoms with van der Waals surface area (Å²) in [5, 5.41) is 1.42. The summed E-state index contributed by atoms with van der Waals surface area (Å²) in [4.78, 5) is 3.82. The van der Waals surface area contributed by atoms with Crippen molar-refractivity contribution in [2.75, 3.05) is 7.11 Å². The van der Waals surface area contributed by atoms with Gasteiger partial charge in [0.2, 0.25) is 0 Å². The molecule has 2 nitrogen and oxygen atoms in total. The van der Waals surface area contributed by atoms with Crippen molar-refractivity contribution >= 4 is 10.9 Å². The second kappa shape index (κ2) is 9.09. The fourth-order valence-electron chi connectivity index (χ4n) is 10.6. The summed E-state index contributed by atoms with van der Waals surface area (Å²) in [6, 6.07) is 6.63. The molecule has 1 heterocycles. The predicted octanol–water partition coefficient (Wildman–Crippen LogP) is 9.21. The average Bonchev–Trinajstić information content (AvgIpc) is 3.38. The van der Waals surface area contributed by atoms with E-state index >= 15 is 0 Å². The van der Waals surface area contributed by atoms with Crippen molar-refractivity contribution in [3.63, 3.8) is 0 Å². The van der Waals surface area contributed by atoms with Crippen molar-refractivity contribution in [1.82, 2.24) is 4.98 Å².